The second kappa shape index (κ2) is 6.75. The Labute approximate surface area is 155 Å². The van der Waals surface area contributed by atoms with Crippen LogP contribution in [0.25, 0.3) is 0 Å². The van der Waals surface area contributed by atoms with Gasteiger partial charge in [-0.05, 0) is 35.4 Å². The third-order valence-corrected chi connectivity index (χ3v) is 4.76. The van der Waals surface area contributed by atoms with Gasteiger partial charge in [0.15, 0.2) is 0 Å². The van der Waals surface area contributed by atoms with Crippen LogP contribution in [-0.2, 0) is 11.3 Å². The topological polar surface area (TPSA) is 70.7 Å². The molecule has 0 spiro atoms. The molecule has 0 aliphatic carbocycles. The summed E-state index contributed by atoms with van der Waals surface area (Å²) in [7, 11) is 1.58. The highest BCUT2D eigenvalue weighted by atomic mass is 19.1. The van der Waals surface area contributed by atoms with Crippen molar-refractivity contribution in [3.8, 4) is 5.75 Å². The summed E-state index contributed by atoms with van der Waals surface area (Å²) >= 11 is 0. The highest BCUT2D eigenvalue weighted by molar-refractivity contribution is 6.01. The molecular weight excluding hydrogens is 349 g/mol. The smallest absolute Gasteiger partial charge is 0.319 e. The highest BCUT2D eigenvalue weighted by Crippen LogP contribution is 2.33. The third-order valence-electron chi connectivity index (χ3n) is 4.76. The fraction of sp³-hybridized carbons (Fsp3) is 0.200. The largest absolute Gasteiger partial charge is 0.497 e. The van der Waals surface area contributed by atoms with Gasteiger partial charge in [-0.2, -0.15) is 0 Å². The summed E-state index contributed by atoms with van der Waals surface area (Å²) in [5.74, 6) is 0.228. The summed E-state index contributed by atoms with van der Waals surface area (Å²) < 4.78 is 18.3. The predicted octanol–water partition coefficient (Wildman–Crippen LogP) is 2.48. The number of methoxy groups -OCH3 is 1. The molecule has 3 amide bonds. The number of carbonyl (C=O) groups excluding carboxylic acids is 2. The number of amides is 3. The first-order valence-corrected chi connectivity index (χ1v) is 8.53. The number of benzene rings is 2. The van der Waals surface area contributed by atoms with Crippen molar-refractivity contribution in [2.75, 3.05) is 13.7 Å². The monoisotopic (exact) mass is 367 g/mol. The van der Waals surface area contributed by atoms with Gasteiger partial charge in [0.1, 0.15) is 11.6 Å². The molecule has 2 N–H and O–H groups in total. The zero-order valence-corrected chi connectivity index (χ0v) is 14.7. The van der Waals surface area contributed by atoms with Gasteiger partial charge in [0.05, 0.1) is 31.0 Å². The number of rotatable bonds is 4. The zero-order valence-electron chi connectivity index (χ0n) is 14.7. The van der Waals surface area contributed by atoms with Crippen molar-refractivity contribution in [1.82, 2.24) is 15.5 Å². The van der Waals surface area contributed by atoms with Crippen molar-refractivity contribution in [2.24, 2.45) is 0 Å². The number of carbonyl (C=O) groups is 2. The van der Waals surface area contributed by atoms with Crippen LogP contribution in [0.3, 0.4) is 0 Å². The molecule has 0 saturated carbocycles. The van der Waals surface area contributed by atoms with Gasteiger partial charge in [-0.1, -0.05) is 24.3 Å². The third kappa shape index (κ3) is 3.23. The van der Waals surface area contributed by atoms with Crippen LogP contribution in [0.5, 0.6) is 5.75 Å². The van der Waals surface area contributed by atoms with E-state index in [1.807, 2.05) is 12.1 Å². The van der Waals surface area contributed by atoms with Gasteiger partial charge in [-0.15, -0.1) is 0 Å². The van der Waals surface area contributed by atoms with E-state index in [4.69, 9.17) is 4.74 Å². The first-order chi connectivity index (χ1) is 13.0. The molecule has 0 radical (unpaired) electrons. The molecule has 1 unspecified atom stereocenters. The highest BCUT2D eigenvalue weighted by Gasteiger charge is 2.40. The van der Waals surface area contributed by atoms with Crippen LogP contribution >= 0.6 is 0 Å². The lowest BCUT2D eigenvalue weighted by Gasteiger charge is -2.25. The Morgan fingerprint density at radius 1 is 1.11 bits per heavy atom. The van der Waals surface area contributed by atoms with Gasteiger partial charge in [-0.3, -0.25) is 4.79 Å². The first-order valence-electron chi connectivity index (χ1n) is 8.53. The van der Waals surface area contributed by atoms with Crippen LogP contribution in [0.15, 0.2) is 59.8 Å². The second-order valence-electron chi connectivity index (χ2n) is 6.48. The lowest BCUT2D eigenvalue weighted by atomic mass is 9.96. The molecule has 0 bridgehead atoms. The van der Waals surface area contributed by atoms with Crippen molar-refractivity contribution >= 4 is 11.9 Å². The molecule has 0 aromatic heterocycles. The maximum atomic E-state index is 13.1. The van der Waals surface area contributed by atoms with Gasteiger partial charge in [0.2, 0.25) is 0 Å². The number of hydrogen-bond donors (Lipinski definition) is 2. The lowest BCUT2D eigenvalue weighted by molar-refractivity contribution is -0.126. The molecule has 6 nitrogen and oxygen atoms in total. The van der Waals surface area contributed by atoms with Crippen LogP contribution in [0, 0.1) is 5.82 Å². The van der Waals surface area contributed by atoms with E-state index in [0.29, 0.717) is 30.1 Å². The fourth-order valence-electron chi connectivity index (χ4n) is 3.41. The maximum absolute atomic E-state index is 13.1. The van der Waals surface area contributed by atoms with Crippen LogP contribution in [-0.4, -0.2) is 30.5 Å². The quantitative estimate of drug-likeness (QED) is 0.872. The second-order valence-corrected chi connectivity index (χ2v) is 6.48. The molecule has 1 atom stereocenters. The van der Waals surface area contributed by atoms with Crippen molar-refractivity contribution in [1.29, 1.82) is 0 Å². The molecule has 2 aliphatic heterocycles. The molecule has 2 heterocycles. The molecule has 0 saturated heterocycles. The van der Waals surface area contributed by atoms with Gasteiger partial charge in [0, 0.05) is 6.54 Å². The Morgan fingerprint density at radius 2 is 1.81 bits per heavy atom. The van der Waals surface area contributed by atoms with E-state index in [1.165, 1.54) is 12.1 Å². The standard InChI is InChI=1S/C20H18FN3O3/c1-27-15-8-4-13(5-9-15)18-17-16(22-20(26)23-18)11-24(19(17)25)10-12-2-6-14(21)7-3-12/h2-9,18H,10-11H2,1H3,(H2,22,23,26). The van der Waals surface area contributed by atoms with E-state index in [-0.39, 0.29) is 17.8 Å². The van der Waals surface area contributed by atoms with Gasteiger partial charge < -0.3 is 20.3 Å². The number of nitrogens with zero attached hydrogens (tertiary/aromatic N) is 1. The Kier molecular flexibility index (Phi) is 4.27. The minimum absolute atomic E-state index is 0.150. The van der Waals surface area contributed by atoms with Gasteiger partial charge in [0.25, 0.3) is 5.91 Å². The number of hydrogen-bond acceptors (Lipinski definition) is 3. The minimum Gasteiger partial charge on any atom is -0.497 e. The molecule has 2 aromatic carbocycles. The van der Waals surface area contributed by atoms with E-state index in [0.717, 1.165) is 11.1 Å². The summed E-state index contributed by atoms with van der Waals surface area (Å²) in [4.78, 5) is 26.7. The van der Waals surface area contributed by atoms with Crippen LogP contribution < -0.4 is 15.4 Å². The Morgan fingerprint density at radius 3 is 2.48 bits per heavy atom. The van der Waals surface area contributed by atoms with E-state index in [9.17, 15) is 14.0 Å². The molecule has 2 aromatic rings. The summed E-state index contributed by atoms with van der Waals surface area (Å²) in [6, 6.07) is 12.4. The summed E-state index contributed by atoms with van der Waals surface area (Å²) in [6.45, 7) is 0.656. The van der Waals surface area contributed by atoms with Crippen LogP contribution in [0.1, 0.15) is 17.2 Å². The van der Waals surface area contributed by atoms with Crippen LogP contribution in [0.4, 0.5) is 9.18 Å². The van der Waals surface area contributed by atoms with E-state index in [2.05, 4.69) is 10.6 Å². The molecular formula is C20H18FN3O3. The van der Waals surface area contributed by atoms with E-state index < -0.39 is 6.04 Å². The summed E-state index contributed by atoms with van der Waals surface area (Å²) in [5.41, 5.74) is 2.76. The summed E-state index contributed by atoms with van der Waals surface area (Å²) in [5, 5.41) is 5.56. The first kappa shape index (κ1) is 17.1. The predicted molar refractivity (Wildman–Crippen MR) is 96.2 cm³/mol. The van der Waals surface area contributed by atoms with Gasteiger partial charge >= 0.3 is 6.03 Å². The number of halogens is 1. The molecule has 2 aliphatic rings. The maximum Gasteiger partial charge on any atom is 0.319 e. The number of urea groups is 1. The molecule has 7 heteroatoms. The van der Waals surface area contributed by atoms with Crippen molar-refractivity contribution in [2.45, 2.75) is 12.6 Å². The minimum atomic E-state index is -0.523. The SMILES string of the molecule is COc1ccc(C2NC(=O)NC3=C2C(=O)N(Cc2ccc(F)cc2)C3)cc1. The van der Waals surface area contributed by atoms with Crippen molar-refractivity contribution < 1.29 is 18.7 Å². The van der Waals surface area contributed by atoms with E-state index in [1.54, 1.807) is 36.3 Å². The van der Waals surface area contributed by atoms with Gasteiger partial charge in [-0.25, -0.2) is 9.18 Å². The molecule has 0 fully saturated rings. The average Bonchev–Trinajstić information content (AvgIpc) is 2.98. The van der Waals surface area contributed by atoms with Crippen molar-refractivity contribution in [3.63, 3.8) is 0 Å². The van der Waals surface area contributed by atoms with Crippen LogP contribution in [0.2, 0.25) is 0 Å². The Bertz CT molecular complexity index is 922. The summed E-state index contributed by atoms with van der Waals surface area (Å²) in [6.07, 6.45) is 0. The number of ether oxygens (including phenoxy) is 1. The normalized spacial score (nSPS) is 18.9. The zero-order chi connectivity index (χ0) is 19.0. The lowest BCUT2D eigenvalue weighted by Crippen LogP contribution is -2.44. The average molecular weight is 367 g/mol. The van der Waals surface area contributed by atoms with E-state index >= 15 is 0 Å². The Balaban J connectivity index is 1.60. The molecule has 27 heavy (non-hydrogen) atoms. The van der Waals surface area contributed by atoms with Crippen molar-refractivity contribution in [3.05, 3.63) is 76.7 Å². The molecule has 4 rings (SSSR count). The number of nitrogens with one attached hydrogen (secondary N) is 2. The Hall–Kier alpha value is -3.35. The molecule has 138 valence electrons. The fourth-order valence-corrected chi connectivity index (χ4v) is 3.41.